The van der Waals surface area contributed by atoms with Gasteiger partial charge in [-0.3, -0.25) is 15.5 Å². The van der Waals surface area contributed by atoms with E-state index in [1.807, 2.05) is 6.07 Å². The molecular weight excluding hydrogens is 391 g/mol. The predicted octanol–water partition coefficient (Wildman–Crippen LogP) is 5.21. The van der Waals surface area contributed by atoms with Crippen LogP contribution in [0.4, 0.5) is 24.5 Å². The second kappa shape index (κ2) is 7.00. The number of benzene rings is 2. The quantitative estimate of drug-likeness (QED) is 0.434. The Kier molecular flexibility index (Phi) is 5.23. The lowest BCUT2D eigenvalue weighted by Crippen LogP contribution is -2.07. The number of anilines is 1. The first-order chi connectivity index (χ1) is 11.2. The Hall–Kier alpha value is -2.42. The van der Waals surface area contributed by atoms with Crippen molar-refractivity contribution in [3.8, 4) is 0 Å². The van der Waals surface area contributed by atoms with Gasteiger partial charge in [0.2, 0.25) is 0 Å². The number of rotatable bonds is 4. The summed E-state index contributed by atoms with van der Waals surface area (Å²) in [5.74, 6) is 0. The van der Waals surface area contributed by atoms with Crippen LogP contribution in [0.15, 0.2) is 52.0 Å². The molecule has 5 nitrogen and oxygen atoms in total. The van der Waals surface area contributed by atoms with Gasteiger partial charge in [-0.05, 0) is 36.8 Å². The van der Waals surface area contributed by atoms with Crippen molar-refractivity contribution < 1.29 is 18.1 Å². The lowest BCUT2D eigenvalue weighted by molar-refractivity contribution is -0.384. The van der Waals surface area contributed by atoms with E-state index >= 15 is 0 Å². The topological polar surface area (TPSA) is 67.5 Å². The third-order valence-electron chi connectivity index (χ3n) is 3.11. The van der Waals surface area contributed by atoms with Crippen LogP contribution in [0.2, 0.25) is 0 Å². The Balaban J connectivity index is 2.32. The van der Waals surface area contributed by atoms with E-state index in [-0.39, 0.29) is 5.69 Å². The zero-order chi connectivity index (χ0) is 17.9. The molecule has 0 aliphatic rings. The molecule has 1 N–H and O–H groups in total. The summed E-state index contributed by atoms with van der Waals surface area (Å²) in [6.07, 6.45) is -4.65. The van der Waals surface area contributed by atoms with Crippen LogP contribution in [-0.4, -0.2) is 10.6 Å². The first-order valence-corrected chi connectivity index (χ1v) is 7.39. The van der Waals surface area contributed by atoms with Crippen molar-refractivity contribution in [3.63, 3.8) is 0 Å². The number of halogens is 4. The highest BCUT2D eigenvalue weighted by Gasteiger charge is 2.33. The minimum Gasteiger partial charge on any atom is -0.271 e. The van der Waals surface area contributed by atoms with E-state index < -0.39 is 22.4 Å². The van der Waals surface area contributed by atoms with Gasteiger partial charge in [-0.15, -0.1) is 0 Å². The van der Waals surface area contributed by atoms with Gasteiger partial charge in [0, 0.05) is 10.5 Å². The number of hydrogen-bond donors (Lipinski definition) is 1. The minimum atomic E-state index is -4.65. The molecule has 0 saturated heterocycles. The molecule has 2 aromatic carbocycles. The summed E-state index contributed by atoms with van der Waals surface area (Å²) in [4.78, 5) is 10.1. The highest BCUT2D eigenvalue weighted by molar-refractivity contribution is 9.10. The summed E-state index contributed by atoms with van der Waals surface area (Å²) in [7, 11) is 0. The van der Waals surface area contributed by atoms with Crippen LogP contribution >= 0.6 is 15.9 Å². The summed E-state index contributed by atoms with van der Waals surface area (Å²) >= 11 is 3.31. The smallest absolute Gasteiger partial charge is 0.271 e. The van der Waals surface area contributed by atoms with Gasteiger partial charge in [-0.1, -0.05) is 28.1 Å². The van der Waals surface area contributed by atoms with Gasteiger partial charge in [-0.2, -0.15) is 18.3 Å². The monoisotopic (exact) mass is 401 g/mol. The molecular formula is C15H11BrF3N3O2. The average molecular weight is 402 g/mol. The molecule has 0 aliphatic heterocycles. The SMILES string of the molecule is CC(=NNc1ccc(C(F)(F)F)cc1[N+](=O)[O-])c1cccc(Br)c1. The van der Waals surface area contributed by atoms with E-state index in [2.05, 4.69) is 26.5 Å². The zero-order valence-electron chi connectivity index (χ0n) is 12.3. The summed E-state index contributed by atoms with van der Waals surface area (Å²) < 4.78 is 38.8. The van der Waals surface area contributed by atoms with Gasteiger partial charge in [-0.25, -0.2) is 0 Å². The summed E-state index contributed by atoms with van der Waals surface area (Å²) in [6, 6.07) is 9.42. The Labute approximate surface area is 143 Å². The van der Waals surface area contributed by atoms with Gasteiger partial charge in [0.05, 0.1) is 16.2 Å². The zero-order valence-corrected chi connectivity index (χ0v) is 13.9. The number of nitro benzene ring substituents is 1. The first kappa shape index (κ1) is 17.9. The van der Waals surface area contributed by atoms with E-state index in [1.165, 1.54) is 0 Å². The van der Waals surface area contributed by atoms with E-state index in [0.29, 0.717) is 11.8 Å². The van der Waals surface area contributed by atoms with Gasteiger partial charge in [0.1, 0.15) is 5.69 Å². The molecule has 0 radical (unpaired) electrons. The molecule has 0 unspecified atom stereocenters. The van der Waals surface area contributed by atoms with Crippen LogP contribution < -0.4 is 5.43 Å². The Morgan fingerprint density at radius 1 is 1.25 bits per heavy atom. The van der Waals surface area contributed by atoms with Crippen LogP contribution in [0.1, 0.15) is 18.1 Å². The molecule has 126 valence electrons. The maximum absolute atomic E-state index is 12.7. The lowest BCUT2D eigenvalue weighted by Gasteiger charge is -2.09. The number of alkyl halides is 3. The summed E-state index contributed by atoms with van der Waals surface area (Å²) in [5, 5.41) is 15.0. The van der Waals surface area contributed by atoms with Crippen molar-refractivity contribution in [2.45, 2.75) is 13.1 Å². The lowest BCUT2D eigenvalue weighted by atomic mass is 10.1. The number of nitro groups is 1. The standard InChI is InChI=1S/C15H11BrF3N3O2/c1-9(10-3-2-4-12(16)7-10)20-21-13-6-5-11(15(17,18)19)8-14(13)22(23)24/h2-8,21H,1H3. The Morgan fingerprint density at radius 2 is 1.96 bits per heavy atom. The fourth-order valence-corrected chi connectivity index (χ4v) is 2.27. The van der Waals surface area contributed by atoms with Gasteiger partial charge >= 0.3 is 6.18 Å². The maximum atomic E-state index is 12.7. The Bertz CT molecular complexity index is 807. The molecule has 0 saturated carbocycles. The fourth-order valence-electron chi connectivity index (χ4n) is 1.88. The van der Waals surface area contributed by atoms with Crippen LogP contribution in [0, 0.1) is 10.1 Å². The molecule has 0 heterocycles. The van der Waals surface area contributed by atoms with Crippen molar-refractivity contribution in [2.75, 3.05) is 5.43 Å². The van der Waals surface area contributed by atoms with Crippen molar-refractivity contribution in [3.05, 3.63) is 68.2 Å². The molecule has 2 rings (SSSR count). The third kappa shape index (κ3) is 4.31. The number of hydrogen-bond acceptors (Lipinski definition) is 4. The summed E-state index contributed by atoms with van der Waals surface area (Å²) in [6.45, 7) is 1.67. The van der Waals surface area contributed by atoms with E-state index in [4.69, 9.17) is 0 Å². The maximum Gasteiger partial charge on any atom is 0.416 e. The molecule has 0 aliphatic carbocycles. The van der Waals surface area contributed by atoms with Crippen molar-refractivity contribution in [1.82, 2.24) is 0 Å². The van der Waals surface area contributed by atoms with Crippen LogP contribution in [0.5, 0.6) is 0 Å². The highest BCUT2D eigenvalue weighted by atomic mass is 79.9. The number of nitrogens with one attached hydrogen (secondary N) is 1. The van der Waals surface area contributed by atoms with E-state index in [1.54, 1.807) is 25.1 Å². The highest BCUT2D eigenvalue weighted by Crippen LogP contribution is 2.35. The van der Waals surface area contributed by atoms with Crippen LogP contribution in [0.25, 0.3) is 0 Å². The van der Waals surface area contributed by atoms with E-state index in [9.17, 15) is 23.3 Å². The van der Waals surface area contributed by atoms with E-state index in [0.717, 1.165) is 22.2 Å². The van der Waals surface area contributed by atoms with Crippen LogP contribution in [0.3, 0.4) is 0 Å². The largest absolute Gasteiger partial charge is 0.416 e. The number of nitrogens with zero attached hydrogens (tertiary/aromatic N) is 2. The Morgan fingerprint density at radius 3 is 2.54 bits per heavy atom. The average Bonchev–Trinajstić information content (AvgIpc) is 2.51. The molecule has 24 heavy (non-hydrogen) atoms. The molecule has 0 spiro atoms. The van der Waals surface area contributed by atoms with Gasteiger partial charge in [0.25, 0.3) is 5.69 Å². The van der Waals surface area contributed by atoms with Crippen molar-refractivity contribution >= 4 is 33.0 Å². The molecule has 0 amide bonds. The predicted molar refractivity (Wildman–Crippen MR) is 88.1 cm³/mol. The van der Waals surface area contributed by atoms with Gasteiger partial charge < -0.3 is 0 Å². The second-order valence-electron chi connectivity index (χ2n) is 4.81. The molecule has 0 aromatic heterocycles. The molecule has 0 atom stereocenters. The van der Waals surface area contributed by atoms with Crippen LogP contribution in [-0.2, 0) is 6.18 Å². The minimum absolute atomic E-state index is 0.123. The third-order valence-corrected chi connectivity index (χ3v) is 3.60. The van der Waals surface area contributed by atoms with Crippen molar-refractivity contribution in [1.29, 1.82) is 0 Å². The molecule has 9 heteroatoms. The van der Waals surface area contributed by atoms with Gasteiger partial charge in [0.15, 0.2) is 0 Å². The normalized spacial score (nSPS) is 12.1. The second-order valence-corrected chi connectivity index (χ2v) is 5.72. The number of hydrazone groups is 1. The molecule has 0 fully saturated rings. The summed E-state index contributed by atoms with van der Waals surface area (Å²) in [5.41, 5.74) is 1.82. The molecule has 0 bridgehead atoms. The van der Waals surface area contributed by atoms with Crippen molar-refractivity contribution in [2.24, 2.45) is 5.10 Å². The fraction of sp³-hybridized carbons (Fsp3) is 0.133. The molecule has 2 aromatic rings. The first-order valence-electron chi connectivity index (χ1n) is 6.60.